The van der Waals surface area contributed by atoms with E-state index in [2.05, 4.69) is 64.2 Å². The molecule has 374 valence electrons. The Morgan fingerprint density at radius 1 is 0.841 bits per heavy atom. The van der Waals surface area contributed by atoms with Crippen molar-refractivity contribution in [2.75, 3.05) is 6.61 Å². The smallest absolute Gasteiger partial charge is 0.435 e. The minimum Gasteiger partial charge on any atom is -0.481 e. The van der Waals surface area contributed by atoms with Crippen LogP contribution in [0, 0.1) is 62.6 Å². The standard InChI is InChI=1S/C55H73ClN4O9/c1-11-68-48(67)60-37(28-36(59-60)31-13-15-32(56)16-14-31)44(62)57-54(21-12-22-54)47(66)58-55-26-25-52(9)33(43(55)42(30(2)3)38(61)29-55)17-18-40-51(8)23-20-41(50(6,7)39(51)19-24-53(40,52)10)69-46(65)35-27-34(45(63)64)49(35,4)5/h13-16,28,30,33-35,39-41H,11-12,17-27,29H2,1-10H3,(H,57,62)(H,58,66)(H,63,64)/t33-,34+,35-,39+,40-,41+,51+,52-,53-,55-/m1/s1. The van der Waals surface area contributed by atoms with Crippen LogP contribution in [0.4, 0.5) is 4.79 Å². The number of aromatic nitrogens is 2. The van der Waals surface area contributed by atoms with Gasteiger partial charge < -0.3 is 25.2 Å². The number of amides is 2. The average Bonchev–Trinajstić information content (AvgIpc) is 3.83. The number of fused-ring (bicyclic) bond motifs is 7. The number of carboxylic acids is 1. The number of nitrogens with one attached hydrogen (secondary N) is 2. The van der Waals surface area contributed by atoms with Gasteiger partial charge in [0.2, 0.25) is 5.91 Å². The summed E-state index contributed by atoms with van der Waals surface area (Å²) in [6.07, 6.45) is 7.97. The van der Waals surface area contributed by atoms with Gasteiger partial charge >= 0.3 is 18.0 Å². The third-order valence-electron chi connectivity index (χ3n) is 20.3. The molecule has 6 fully saturated rings. The molecule has 14 heteroatoms. The summed E-state index contributed by atoms with van der Waals surface area (Å²) < 4.78 is 12.7. The molecule has 0 unspecified atom stereocenters. The van der Waals surface area contributed by atoms with E-state index in [1.807, 2.05) is 13.8 Å². The van der Waals surface area contributed by atoms with Crippen LogP contribution >= 0.6 is 11.6 Å². The number of rotatable bonds is 10. The molecule has 3 N–H and O–H groups in total. The molecule has 69 heavy (non-hydrogen) atoms. The van der Waals surface area contributed by atoms with Gasteiger partial charge in [-0.25, -0.2) is 4.79 Å². The third kappa shape index (κ3) is 7.37. The van der Waals surface area contributed by atoms with Crippen LogP contribution in [0.2, 0.25) is 5.02 Å². The van der Waals surface area contributed by atoms with Crippen LogP contribution in [0.1, 0.15) is 163 Å². The molecule has 2 aromatic rings. The molecule has 7 aliphatic rings. The van der Waals surface area contributed by atoms with Gasteiger partial charge in [-0.05, 0) is 159 Å². The number of halogens is 1. The summed E-state index contributed by atoms with van der Waals surface area (Å²) in [4.78, 5) is 82.6. The van der Waals surface area contributed by atoms with E-state index in [0.29, 0.717) is 53.8 Å². The average molecular weight is 970 g/mol. The molecule has 9 rings (SSSR count). The van der Waals surface area contributed by atoms with Crippen LogP contribution in [0.3, 0.4) is 0 Å². The first-order chi connectivity index (χ1) is 32.3. The number of carbonyl (C=O) groups excluding carboxylic acids is 5. The number of carboxylic acid groups (broad SMARTS) is 1. The van der Waals surface area contributed by atoms with Crippen molar-refractivity contribution in [1.29, 1.82) is 0 Å². The summed E-state index contributed by atoms with van der Waals surface area (Å²) in [5.41, 5.74) is -0.419. The fraction of sp³-hybridized carbons (Fsp3) is 0.691. The topological polar surface area (TPSA) is 183 Å². The summed E-state index contributed by atoms with van der Waals surface area (Å²) in [5, 5.41) is 21.3. The van der Waals surface area contributed by atoms with Crippen molar-refractivity contribution in [2.24, 2.45) is 62.6 Å². The highest BCUT2D eigenvalue weighted by Gasteiger charge is 2.71. The Balaban J connectivity index is 0.966. The van der Waals surface area contributed by atoms with Crippen LogP contribution < -0.4 is 10.6 Å². The SMILES string of the molecule is CCOC(=O)n1nc(-c2ccc(Cl)cc2)cc1C(=O)NC1(C(=O)N[C@@]23CC[C@]4(C)[C@H](CC[C@@H]5[C@@]6(C)CC[C@H](OC(=O)[C@H]7C[C@@H](C(=O)O)C7(C)C)C(C)(C)[C@@H]6CC[C@]54C)C2=C(C(C)C)C(=O)C3)CCC1. The molecular formula is C55H73ClN4O9. The summed E-state index contributed by atoms with van der Waals surface area (Å²) >= 11 is 6.14. The fourth-order valence-electron chi connectivity index (χ4n) is 16.1. The lowest BCUT2D eigenvalue weighted by molar-refractivity contribution is -0.235. The van der Waals surface area contributed by atoms with Crippen LogP contribution in [-0.4, -0.2) is 74.3 Å². The van der Waals surface area contributed by atoms with E-state index in [4.69, 9.17) is 21.1 Å². The molecule has 6 saturated carbocycles. The van der Waals surface area contributed by atoms with Crippen molar-refractivity contribution in [1.82, 2.24) is 20.4 Å². The number of ketones is 1. The second kappa shape index (κ2) is 16.8. The lowest BCUT2D eigenvalue weighted by Gasteiger charge is -2.72. The molecule has 0 spiro atoms. The normalized spacial score (nSPS) is 35.8. The van der Waals surface area contributed by atoms with E-state index in [0.717, 1.165) is 67.2 Å². The minimum atomic E-state index is -1.25. The van der Waals surface area contributed by atoms with Crippen molar-refractivity contribution >= 4 is 47.2 Å². The number of hydrogen-bond donors (Lipinski definition) is 3. The maximum atomic E-state index is 15.1. The van der Waals surface area contributed by atoms with Gasteiger partial charge in [0.15, 0.2) is 5.78 Å². The van der Waals surface area contributed by atoms with E-state index in [1.165, 1.54) is 6.07 Å². The zero-order chi connectivity index (χ0) is 50.0. The molecule has 2 amide bonds. The van der Waals surface area contributed by atoms with Gasteiger partial charge in [0.25, 0.3) is 5.91 Å². The monoisotopic (exact) mass is 969 g/mol. The van der Waals surface area contributed by atoms with Crippen molar-refractivity contribution < 1.29 is 43.3 Å². The summed E-state index contributed by atoms with van der Waals surface area (Å²) in [5.74, 6) is -2.21. The molecule has 0 saturated heterocycles. The van der Waals surface area contributed by atoms with Gasteiger partial charge in [0.1, 0.15) is 17.3 Å². The second-order valence-electron chi connectivity index (χ2n) is 24.4. The molecule has 1 aromatic carbocycles. The fourth-order valence-corrected chi connectivity index (χ4v) is 16.2. The predicted octanol–water partition coefficient (Wildman–Crippen LogP) is 10.4. The first-order valence-electron chi connectivity index (χ1n) is 25.7. The van der Waals surface area contributed by atoms with Crippen LogP contribution in [0.5, 0.6) is 0 Å². The maximum Gasteiger partial charge on any atom is 0.435 e. The summed E-state index contributed by atoms with van der Waals surface area (Å²) in [6, 6.07) is 8.42. The Morgan fingerprint density at radius 3 is 2.14 bits per heavy atom. The molecule has 0 aliphatic heterocycles. The maximum absolute atomic E-state index is 15.1. The number of aliphatic carboxylic acids is 1. The second-order valence-corrected chi connectivity index (χ2v) is 24.9. The van der Waals surface area contributed by atoms with E-state index < -0.39 is 46.3 Å². The highest BCUT2D eigenvalue weighted by atomic mass is 35.5. The van der Waals surface area contributed by atoms with E-state index in [9.17, 15) is 29.1 Å². The Labute approximate surface area is 412 Å². The zero-order valence-corrected chi connectivity index (χ0v) is 43.1. The zero-order valence-electron chi connectivity index (χ0n) is 42.3. The number of nitrogens with zero attached hydrogens (tertiary/aromatic N) is 2. The molecule has 10 atom stereocenters. The lowest BCUT2D eigenvalue weighted by atomic mass is 9.33. The first kappa shape index (κ1) is 49.5. The third-order valence-corrected chi connectivity index (χ3v) is 20.6. The number of hydrogen-bond acceptors (Lipinski definition) is 9. The van der Waals surface area contributed by atoms with Crippen molar-refractivity contribution in [3.05, 3.63) is 52.2 Å². The number of esters is 1. The van der Waals surface area contributed by atoms with Crippen molar-refractivity contribution in [2.45, 2.75) is 170 Å². The number of allylic oxidation sites excluding steroid dienone is 1. The molecule has 1 heterocycles. The number of benzene rings is 1. The first-order valence-corrected chi connectivity index (χ1v) is 26.1. The summed E-state index contributed by atoms with van der Waals surface area (Å²) in [7, 11) is 0. The summed E-state index contributed by atoms with van der Waals surface area (Å²) in [6.45, 7) is 21.7. The van der Waals surface area contributed by atoms with E-state index in [-0.39, 0.29) is 76.0 Å². The Hall–Kier alpha value is -4.52. The van der Waals surface area contributed by atoms with Gasteiger partial charge in [-0.15, -0.1) is 0 Å². The molecule has 13 nitrogen and oxygen atoms in total. The predicted molar refractivity (Wildman–Crippen MR) is 260 cm³/mol. The Bertz CT molecular complexity index is 2520. The van der Waals surface area contributed by atoms with Crippen molar-refractivity contribution in [3.63, 3.8) is 0 Å². The van der Waals surface area contributed by atoms with Gasteiger partial charge in [0, 0.05) is 22.4 Å². The van der Waals surface area contributed by atoms with E-state index >= 15 is 4.79 Å². The van der Waals surface area contributed by atoms with Crippen molar-refractivity contribution in [3.8, 4) is 11.3 Å². The number of Topliss-reactive ketones (excluding diaryl/α,β-unsaturated/α-hetero) is 1. The Morgan fingerprint density at radius 2 is 1.54 bits per heavy atom. The van der Waals surface area contributed by atoms with Crippen LogP contribution in [-0.2, 0) is 28.7 Å². The van der Waals surface area contributed by atoms with Gasteiger partial charge in [-0.3, -0.25) is 24.0 Å². The molecule has 7 aliphatic carbocycles. The van der Waals surface area contributed by atoms with Gasteiger partial charge in [-0.1, -0.05) is 86.0 Å². The van der Waals surface area contributed by atoms with Crippen LogP contribution in [0.15, 0.2) is 41.5 Å². The Kier molecular flexibility index (Phi) is 12.0. The highest BCUT2D eigenvalue weighted by Crippen LogP contribution is 2.76. The number of carbonyl (C=O) groups is 6. The molecule has 1 aromatic heterocycles. The largest absolute Gasteiger partial charge is 0.481 e. The molecule has 0 radical (unpaired) electrons. The lowest BCUT2D eigenvalue weighted by Crippen LogP contribution is -2.70. The minimum absolute atomic E-state index is 0.0198. The molecular weight excluding hydrogens is 896 g/mol. The highest BCUT2D eigenvalue weighted by molar-refractivity contribution is 6.30. The number of ether oxygens (including phenoxy) is 2. The quantitative estimate of drug-likeness (QED) is 0.194. The van der Waals surface area contributed by atoms with Gasteiger partial charge in [0.05, 0.1) is 29.7 Å². The van der Waals surface area contributed by atoms with Gasteiger partial charge in [-0.2, -0.15) is 9.78 Å². The van der Waals surface area contributed by atoms with E-state index in [1.54, 1.807) is 31.2 Å². The van der Waals surface area contributed by atoms with Crippen LogP contribution in [0.25, 0.3) is 11.3 Å². The molecule has 0 bridgehead atoms.